The Kier molecular flexibility index (Phi) is 37.9. The number of carbonyl (C=O) groups is 2. The summed E-state index contributed by atoms with van der Waals surface area (Å²) >= 11 is 0. The number of phosphoric ester groups is 1. The molecule has 57 heavy (non-hydrogen) atoms. The van der Waals surface area contributed by atoms with Crippen molar-refractivity contribution in [3.8, 4) is 0 Å². The monoisotopic (exact) mass is 822 g/mol. The number of aliphatic hydroxyl groups excluding tert-OH is 2. The summed E-state index contributed by atoms with van der Waals surface area (Å²) in [5.74, 6) is -1.05. The Hall–Kier alpha value is -2.89. The van der Waals surface area contributed by atoms with Crippen molar-refractivity contribution in [2.45, 2.75) is 161 Å². The third-order valence-corrected chi connectivity index (χ3v) is 9.46. The lowest BCUT2D eigenvalue weighted by Crippen LogP contribution is -2.29. The average molecular weight is 822 g/mol. The number of esters is 2. The Morgan fingerprint density at radius 3 is 1.77 bits per heavy atom. The number of hydrogen-bond donors (Lipinski definition) is 4. The van der Waals surface area contributed by atoms with Crippen LogP contribution < -0.4 is 5.73 Å². The van der Waals surface area contributed by atoms with Gasteiger partial charge in [0, 0.05) is 19.4 Å². The molecule has 4 atom stereocenters. The van der Waals surface area contributed by atoms with Gasteiger partial charge in [0.15, 0.2) is 6.10 Å². The van der Waals surface area contributed by atoms with E-state index < -0.39 is 44.7 Å². The number of rotatable bonds is 38. The molecular formula is C45H76NO10P. The quantitative estimate of drug-likeness (QED) is 0.0202. The predicted molar refractivity (Wildman–Crippen MR) is 231 cm³/mol. The zero-order valence-electron chi connectivity index (χ0n) is 35.0. The van der Waals surface area contributed by atoms with Gasteiger partial charge in [-0.2, -0.15) is 0 Å². The molecule has 326 valence electrons. The SMILES string of the molecule is CC/C=C\C/C=C\C/C=C\C/C=C\C/C=C\C/C=C\CCC(=O)O[C@H](COC(=O)CCCCCCC[C@@H](O)[C@H](O)C/C=C\CCCCC)COP(=O)(O)OCCN. The lowest BCUT2D eigenvalue weighted by molar-refractivity contribution is -0.161. The van der Waals surface area contributed by atoms with Crippen molar-refractivity contribution in [1.82, 2.24) is 0 Å². The van der Waals surface area contributed by atoms with Gasteiger partial charge in [0.05, 0.1) is 25.4 Å². The molecule has 0 radical (unpaired) electrons. The van der Waals surface area contributed by atoms with Crippen molar-refractivity contribution >= 4 is 19.8 Å². The summed E-state index contributed by atoms with van der Waals surface area (Å²) in [5.41, 5.74) is 5.33. The van der Waals surface area contributed by atoms with Gasteiger partial charge in [-0.25, -0.2) is 4.57 Å². The van der Waals surface area contributed by atoms with Crippen molar-refractivity contribution in [2.75, 3.05) is 26.4 Å². The summed E-state index contributed by atoms with van der Waals surface area (Å²) in [4.78, 5) is 34.8. The van der Waals surface area contributed by atoms with E-state index in [1.807, 2.05) is 18.2 Å². The van der Waals surface area contributed by atoms with Gasteiger partial charge < -0.3 is 30.3 Å². The number of phosphoric acid groups is 1. The maximum absolute atomic E-state index is 12.5. The molecule has 0 fully saturated rings. The third-order valence-electron chi connectivity index (χ3n) is 8.48. The number of aliphatic hydroxyl groups is 2. The summed E-state index contributed by atoms with van der Waals surface area (Å²) in [6.07, 6.45) is 42.2. The van der Waals surface area contributed by atoms with E-state index in [4.69, 9.17) is 24.3 Å². The highest BCUT2D eigenvalue weighted by Gasteiger charge is 2.26. The van der Waals surface area contributed by atoms with Crippen LogP contribution in [0.5, 0.6) is 0 Å². The number of nitrogens with two attached hydrogens (primary N) is 1. The highest BCUT2D eigenvalue weighted by Crippen LogP contribution is 2.43. The Morgan fingerprint density at radius 1 is 0.614 bits per heavy atom. The van der Waals surface area contributed by atoms with Crippen molar-refractivity contribution in [3.63, 3.8) is 0 Å². The fraction of sp³-hybridized carbons (Fsp3) is 0.644. The van der Waals surface area contributed by atoms with Gasteiger partial charge in [0.25, 0.3) is 0 Å². The summed E-state index contributed by atoms with van der Waals surface area (Å²) in [5, 5.41) is 20.4. The zero-order valence-corrected chi connectivity index (χ0v) is 35.9. The van der Waals surface area contributed by atoms with Gasteiger partial charge >= 0.3 is 19.8 Å². The highest BCUT2D eigenvalue weighted by atomic mass is 31.2. The fourth-order valence-corrected chi connectivity index (χ4v) is 5.98. The molecule has 12 heteroatoms. The molecule has 0 aromatic carbocycles. The van der Waals surface area contributed by atoms with E-state index in [-0.39, 0.29) is 32.6 Å². The predicted octanol–water partition coefficient (Wildman–Crippen LogP) is 9.99. The minimum absolute atomic E-state index is 0.0146. The molecule has 1 unspecified atom stereocenters. The molecule has 0 saturated heterocycles. The second-order valence-electron chi connectivity index (χ2n) is 13.8. The number of ether oxygens (including phenoxy) is 2. The molecule has 0 aromatic rings. The normalized spacial score (nSPS) is 15.3. The van der Waals surface area contributed by atoms with Crippen LogP contribution in [0.3, 0.4) is 0 Å². The van der Waals surface area contributed by atoms with Crippen LogP contribution in [0.25, 0.3) is 0 Å². The van der Waals surface area contributed by atoms with E-state index in [1.165, 1.54) is 12.8 Å². The Morgan fingerprint density at radius 2 is 1.18 bits per heavy atom. The van der Waals surface area contributed by atoms with Gasteiger partial charge in [-0.3, -0.25) is 18.6 Å². The first-order chi connectivity index (χ1) is 27.6. The summed E-state index contributed by atoms with van der Waals surface area (Å²) in [6, 6.07) is 0. The molecule has 0 spiro atoms. The highest BCUT2D eigenvalue weighted by molar-refractivity contribution is 7.47. The van der Waals surface area contributed by atoms with E-state index in [2.05, 4.69) is 80.7 Å². The molecule has 0 aliphatic heterocycles. The Bertz CT molecular complexity index is 1240. The number of unbranched alkanes of at least 4 members (excludes halogenated alkanes) is 7. The van der Waals surface area contributed by atoms with Crippen LogP contribution in [0.15, 0.2) is 85.1 Å². The van der Waals surface area contributed by atoms with Crippen LogP contribution >= 0.6 is 7.82 Å². The van der Waals surface area contributed by atoms with Gasteiger partial charge in [-0.05, 0) is 77.0 Å². The third kappa shape index (κ3) is 38.4. The molecule has 5 N–H and O–H groups in total. The van der Waals surface area contributed by atoms with Crippen LogP contribution in [0.1, 0.15) is 142 Å². The minimum atomic E-state index is -4.44. The molecule has 0 saturated carbocycles. The van der Waals surface area contributed by atoms with E-state index in [9.17, 15) is 29.3 Å². The lowest BCUT2D eigenvalue weighted by Gasteiger charge is -2.19. The summed E-state index contributed by atoms with van der Waals surface area (Å²) < 4.78 is 32.6. The maximum atomic E-state index is 12.5. The van der Waals surface area contributed by atoms with Crippen LogP contribution in [0.2, 0.25) is 0 Å². The molecule has 0 amide bonds. The second-order valence-corrected chi connectivity index (χ2v) is 15.2. The van der Waals surface area contributed by atoms with Crippen LogP contribution in [-0.2, 0) is 32.7 Å². The van der Waals surface area contributed by atoms with Crippen molar-refractivity contribution < 1.29 is 47.8 Å². The van der Waals surface area contributed by atoms with E-state index in [0.29, 0.717) is 25.7 Å². The van der Waals surface area contributed by atoms with Gasteiger partial charge in [0.2, 0.25) is 0 Å². The standard InChI is InChI=1S/C45H76NO10P/c1-3-5-7-9-11-12-13-14-15-16-17-18-19-20-21-22-23-27-32-36-45(50)56-41(40-55-57(51,52)54-38-37-46)39-53-44(49)35-31-28-24-26-30-34-43(48)42(47)33-29-25-10-8-6-4-2/h5,7,11-12,14-15,17-18,20-21,23,25,27,29,41-43,47-48H,3-4,6,8-10,13,16,19,22,24,26,28,30-40,46H2,1-2H3,(H,51,52)/b7-5-,12-11-,15-14-,18-17-,21-20-,27-23-,29-25-/t41-,42-,43-/m1/s1. The molecule has 0 rings (SSSR count). The fourth-order valence-electron chi connectivity index (χ4n) is 5.21. The van der Waals surface area contributed by atoms with E-state index >= 15 is 0 Å². The molecule has 0 aliphatic rings. The summed E-state index contributed by atoms with van der Waals surface area (Å²) in [6.45, 7) is 3.27. The van der Waals surface area contributed by atoms with Crippen LogP contribution in [0, 0.1) is 0 Å². The van der Waals surface area contributed by atoms with E-state index in [1.54, 1.807) is 0 Å². The van der Waals surface area contributed by atoms with Crippen molar-refractivity contribution in [1.29, 1.82) is 0 Å². The van der Waals surface area contributed by atoms with Crippen molar-refractivity contribution in [3.05, 3.63) is 85.1 Å². The number of hydrogen-bond acceptors (Lipinski definition) is 10. The average Bonchev–Trinajstić information content (AvgIpc) is 3.19. The van der Waals surface area contributed by atoms with Crippen molar-refractivity contribution in [2.24, 2.45) is 5.73 Å². The van der Waals surface area contributed by atoms with Crippen LogP contribution in [-0.4, -0.2) is 71.7 Å². The molecule has 0 aromatic heterocycles. The molecule has 0 aliphatic carbocycles. The molecule has 0 bridgehead atoms. The lowest BCUT2D eigenvalue weighted by atomic mass is 10.0. The summed E-state index contributed by atoms with van der Waals surface area (Å²) in [7, 11) is -4.44. The van der Waals surface area contributed by atoms with Gasteiger partial charge in [-0.15, -0.1) is 0 Å². The smallest absolute Gasteiger partial charge is 0.462 e. The number of allylic oxidation sites excluding steroid dienone is 13. The first-order valence-corrected chi connectivity index (χ1v) is 22.7. The minimum Gasteiger partial charge on any atom is -0.462 e. The number of carbonyl (C=O) groups excluding carboxylic acids is 2. The van der Waals surface area contributed by atoms with E-state index in [0.717, 1.165) is 77.0 Å². The molecule has 11 nitrogen and oxygen atoms in total. The largest absolute Gasteiger partial charge is 0.472 e. The topological polar surface area (TPSA) is 175 Å². The van der Waals surface area contributed by atoms with Gasteiger partial charge in [-0.1, -0.05) is 137 Å². The molecular weight excluding hydrogens is 745 g/mol. The molecule has 0 heterocycles. The Labute approximate surface area is 344 Å². The Balaban J connectivity index is 4.43. The zero-order chi connectivity index (χ0) is 42.1. The van der Waals surface area contributed by atoms with Crippen LogP contribution in [0.4, 0.5) is 0 Å². The first kappa shape index (κ1) is 54.1. The second kappa shape index (κ2) is 39.9. The maximum Gasteiger partial charge on any atom is 0.472 e. The van der Waals surface area contributed by atoms with Gasteiger partial charge in [0.1, 0.15) is 6.61 Å². The first-order valence-electron chi connectivity index (χ1n) is 21.2.